The molecule has 13 heavy (non-hydrogen) atoms. The molecule has 0 bridgehead atoms. The number of fused-ring (bicyclic) bond motifs is 1. The van der Waals surface area contributed by atoms with E-state index in [1.165, 1.54) is 28.7 Å². The Balaban J connectivity index is 2.57. The molecule has 0 saturated heterocycles. The van der Waals surface area contributed by atoms with Gasteiger partial charge in [-0.2, -0.15) is 0 Å². The van der Waals surface area contributed by atoms with Gasteiger partial charge in [-0.3, -0.25) is 0 Å². The Hall–Kier alpha value is -1.04. The van der Waals surface area contributed by atoms with E-state index in [1.807, 2.05) is 0 Å². The molecule has 0 radical (unpaired) electrons. The van der Waals surface area contributed by atoms with Crippen LogP contribution in [-0.4, -0.2) is 0 Å². The summed E-state index contributed by atoms with van der Waals surface area (Å²) in [5, 5.41) is 0. The number of hydrogen-bond acceptors (Lipinski definition) is 0. The van der Waals surface area contributed by atoms with Crippen LogP contribution >= 0.6 is 0 Å². The topological polar surface area (TPSA) is 0 Å². The Bertz CT molecular complexity index is 347. The van der Waals surface area contributed by atoms with Crippen molar-refractivity contribution >= 4 is 5.57 Å². The van der Waals surface area contributed by atoms with Crippen LogP contribution in [-0.2, 0) is 0 Å². The first-order valence-corrected chi connectivity index (χ1v) is 4.97. The highest BCUT2D eigenvalue weighted by molar-refractivity contribution is 5.69. The molecule has 2 rings (SSSR count). The molecule has 0 nitrogen and oxygen atoms in total. The number of aryl methyl sites for hydroxylation is 1. The van der Waals surface area contributed by atoms with E-state index < -0.39 is 0 Å². The molecule has 0 heterocycles. The highest BCUT2D eigenvalue weighted by Crippen LogP contribution is 2.37. The van der Waals surface area contributed by atoms with Gasteiger partial charge in [0.1, 0.15) is 0 Å². The van der Waals surface area contributed by atoms with Crippen LogP contribution in [0, 0.1) is 6.92 Å². The highest BCUT2D eigenvalue weighted by atomic mass is 14.2. The summed E-state index contributed by atoms with van der Waals surface area (Å²) in [6, 6.07) is 6.74. The average molecular weight is 172 g/mol. The fourth-order valence-electron chi connectivity index (χ4n) is 2.09. The van der Waals surface area contributed by atoms with Gasteiger partial charge in [-0.05, 0) is 42.4 Å². The van der Waals surface area contributed by atoms with Gasteiger partial charge in [0, 0.05) is 0 Å². The van der Waals surface area contributed by atoms with Crippen molar-refractivity contribution in [3.05, 3.63) is 41.5 Å². The van der Waals surface area contributed by atoms with Gasteiger partial charge in [0.15, 0.2) is 0 Å². The molecule has 0 heteroatoms. The Labute approximate surface area is 80.3 Å². The van der Waals surface area contributed by atoms with Gasteiger partial charge in [-0.15, -0.1) is 0 Å². The molecule has 0 amide bonds. The fraction of sp³-hybridized carbons (Fsp3) is 0.385. The maximum absolute atomic E-state index is 4.13. The average Bonchev–Trinajstić information content (AvgIpc) is 2.12. The molecule has 0 spiro atoms. The van der Waals surface area contributed by atoms with Crippen molar-refractivity contribution in [2.24, 2.45) is 0 Å². The molecule has 68 valence electrons. The Kier molecular flexibility index (Phi) is 1.99. The molecule has 1 aromatic rings. The first-order valence-electron chi connectivity index (χ1n) is 4.97. The molecular formula is C13H16. The van der Waals surface area contributed by atoms with E-state index in [0.717, 1.165) is 6.42 Å². The normalized spacial score (nSPS) is 21.4. The van der Waals surface area contributed by atoms with Crippen molar-refractivity contribution in [2.45, 2.75) is 32.6 Å². The quantitative estimate of drug-likeness (QED) is 0.556. The third-order valence-electron chi connectivity index (χ3n) is 3.00. The molecular weight excluding hydrogens is 156 g/mol. The summed E-state index contributed by atoms with van der Waals surface area (Å²) in [7, 11) is 0. The van der Waals surface area contributed by atoms with Crippen LogP contribution in [0.3, 0.4) is 0 Å². The minimum absolute atomic E-state index is 0.709. The van der Waals surface area contributed by atoms with Crippen LogP contribution in [0.15, 0.2) is 24.8 Å². The second-order valence-electron chi connectivity index (χ2n) is 4.13. The van der Waals surface area contributed by atoms with Crippen molar-refractivity contribution in [1.82, 2.24) is 0 Å². The van der Waals surface area contributed by atoms with Crippen LogP contribution in [0.2, 0.25) is 0 Å². The largest absolute Gasteiger partial charge is 0.0952 e. The first-order chi connectivity index (χ1) is 6.18. The maximum Gasteiger partial charge on any atom is -0.0181 e. The fourth-order valence-corrected chi connectivity index (χ4v) is 2.09. The van der Waals surface area contributed by atoms with Crippen molar-refractivity contribution in [1.29, 1.82) is 0 Å². The van der Waals surface area contributed by atoms with E-state index in [9.17, 15) is 0 Å². The molecule has 0 N–H and O–H groups in total. The highest BCUT2D eigenvalue weighted by Gasteiger charge is 2.18. The van der Waals surface area contributed by atoms with Crippen molar-refractivity contribution in [2.75, 3.05) is 0 Å². The molecule has 1 atom stereocenters. The molecule has 1 aromatic carbocycles. The lowest BCUT2D eigenvalue weighted by Crippen LogP contribution is -2.05. The molecule has 0 saturated carbocycles. The number of hydrogen-bond donors (Lipinski definition) is 0. The Morgan fingerprint density at radius 3 is 2.92 bits per heavy atom. The summed E-state index contributed by atoms with van der Waals surface area (Å²) in [5.41, 5.74) is 5.55. The predicted molar refractivity (Wildman–Crippen MR) is 57.9 cm³/mol. The summed E-state index contributed by atoms with van der Waals surface area (Å²) in [4.78, 5) is 0. The molecule has 1 unspecified atom stereocenters. The van der Waals surface area contributed by atoms with Gasteiger partial charge in [0.25, 0.3) is 0 Å². The summed E-state index contributed by atoms with van der Waals surface area (Å²) in [5.74, 6) is 0.709. The van der Waals surface area contributed by atoms with Crippen molar-refractivity contribution < 1.29 is 0 Å². The van der Waals surface area contributed by atoms with E-state index in [0.29, 0.717) is 5.92 Å². The van der Waals surface area contributed by atoms with E-state index in [1.54, 1.807) is 0 Å². The van der Waals surface area contributed by atoms with Gasteiger partial charge in [0.05, 0.1) is 0 Å². The van der Waals surface area contributed by atoms with Gasteiger partial charge in [0.2, 0.25) is 0 Å². The van der Waals surface area contributed by atoms with Crippen LogP contribution in [0.4, 0.5) is 0 Å². The third kappa shape index (κ3) is 1.41. The van der Waals surface area contributed by atoms with E-state index >= 15 is 0 Å². The lowest BCUT2D eigenvalue weighted by molar-refractivity contribution is 0.675. The molecule has 0 aliphatic heterocycles. The summed E-state index contributed by atoms with van der Waals surface area (Å²) in [6.07, 6.45) is 2.42. The molecule has 1 aliphatic carbocycles. The number of allylic oxidation sites excluding steroid dienone is 1. The maximum atomic E-state index is 4.13. The van der Waals surface area contributed by atoms with Crippen molar-refractivity contribution in [3.8, 4) is 0 Å². The Morgan fingerprint density at radius 2 is 2.15 bits per heavy atom. The molecule has 0 aromatic heterocycles. The predicted octanol–water partition coefficient (Wildman–Crippen LogP) is 3.91. The van der Waals surface area contributed by atoms with Crippen LogP contribution < -0.4 is 0 Å². The molecule has 1 aliphatic rings. The van der Waals surface area contributed by atoms with E-state index in [4.69, 9.17) is 0 Å². The zero-order valence-corrected chi connectivity index (χ0v) is 8.43. The number of rotatable bonds is 0. The monoisotopic (exact) mass is 172 g/mol. The summed E-state index contributed by atoms with van der Waals surface area (Å²) in [6.45, 7) is 8.58. The Morgan fingerprint density at radius 1 is 1.38 bits per heavy atom. The van der Waals surface area contributed by atoms with E-state index in [-0.39, 0.29) is 0 Å². The third-order valence-corrected chi connectivity index (χ3v) is 3.00. The summed E-state index contributed by atoms with van der Waals surface area (Å²) >= 11 is 0. The minimum Gasteiger partial charge on any atom is -0.0952 e. The van der Waals surface area contributed by atoms with Gasteiger partial charge < -0.3 is 0 Å². The SMILES string of the molecule is C=C1CCC(C)c2ccc(C)cc21. The van der Waals surface area contributed by atoms with Gasteiger partial charge >= 0.3 is 0 Å². The van der Waals surface area contributed by atoms with Crippen LogP contribution in [0.25, 0.3) is 5.57 Å². The second-order valence-corrected chi connectivity index (χ2v) is 4.13. The van der Waals surface area contributed by atoms with Crippen molar-refractivity contribution in [3.63, 3.8) is 0 Å². The van der Waals surface area contributed by atoms with Gasteiger partial charge in [-0.25, -0.2) is 0 Å². The smallest absolute Gasteiger partial charge is 0.0181 e. The van der Waals surface area contributed by atoms with Gasteiger partial charge in [-0.1, -0.05) is 37.3 Å². The second kappa shape index (κ2) is 3.02. The standard InChI is InChI=1S/C13H16/c1-9-4-7-12-10(2)5-6-11(3)13(12)8-9/h4,7-8,10H,3,5-6H2,1-2H3. The lowest BCUT2D eigenvalue weighted by atomic mass is 9.81. The lowest BCUT2D eigenvalue weighted by Gasteiger charge is -2.24. The van der Waals surface area contributed by atoms with Crippen LogP contribution in [0.5, 0.6) is 0 Å². The minimum atomic E-state index is 0.709. The van der Waals surface area contributed by atoms with Crippen LogP contribution in [0.1, 0.15) is 42.4 Å². The summed E-state index contributed by atoms with van der Waals surface area (Å²) < 4.78 is 0. The zero-order valence-electron chi connectivity index (χ0n) is 8.43. The number of benzene rings is 1. The first kappa shape index (κ1) is 8.55. The van der Waals surface area contributed by atoms with E-state index in [2.05, 4.69) is 38.6 Å². The molecule has 0 fully saturated rings. The zero-order chi connectivity index (χ0) is 9.42.